The van der Waals surface area contributed by atoms with Gasteiger partial charge in [0.2, 0.25) is 11.8 Å². The van der Waals surface area contributed by atoms with E-state index in [1.807, 2.05) is 30.3 Å². The second-order valence-corrected chi connectivity index (χ2v) is 6.43. The molecule has 0 spiro atoms. The number of nitrogens with zero attached hydrogens (tertiary/aromatic N) is 2. The summed E-state index contributed by atoms with van der Waals surface area (Å²) in [6.07, 6.45) is 1.44. The molecule has 2 N–H and O–H groups in total. The first-order valence-electron chi connectivity index (χ1n) is 7.85. The summed E-state index contributed by atoms with van der Waals surface area (Å²) in [5.41, 5.74) is 7.23. The van der Waals surface area contributed by atoms with Crippen LogP contribution in [0.4, 0.5) is 0 Å². The highest BCUT2D eigenvalue weighted by Gasteiger charge is 2.11. The third kappa shape index (κ3) is 4.18. The minimum Gasteiger partial charge on any atom is -0.472 e. The van der Waals surface area contributed by atoms with Crippen LogP contribution in [0.5, 0.6) is 5.88 Å². The molecule has 0 bridgehead atoms. The van der Waals surface area contributed by atoms with Crippen molar-refractivity contribution in [2.45, 2.75) is 13.2 Å². The fourth-order valence-corrected chi connectivity index (χ4v) is 2.80. The number of hydrogen-bond acceptors (Lipinski definition) is 4. The van der Waals surface area contributed by atoms with Crippen molar-refractivity contribution in [3.05, 3.63) is 92.4 Å². The molecule has 1 aromatic heterocycles. The summed E-state index contributed by atoms with van der Waals surface area (Å²) < 4.78 is 7.35. The molecule has 3 aromatic rings. The van der Waals surface area contributed by atoms with Gasteiger partial charge in [-0.15, -0.1) is 0 Å². The molecule has 1 heterocycles. The van der Waals surface area contributed by atoms with E-state index in [9.17, 15) is 9.59 Å². The predicted molar refractivity (Wildman–Crippen MR) is 101 cm³/mol. The first kappa shape index (κ1) is 17.9. The Labute approximate surface area is 158 Å². The summed E-state index contributed by atoms with van der Waals surface area (Å²) in [5.74, 6) is -0.239. The van der Waals surface area contributed by atoms with E-state index in [0.29, 0.717) is 18.7 Å². The Hall–Kier alpha value is -2.93. The molecule has 0 aliphatic carbocycles. The van der Waals surface area contributed by atoms with E-state index < -0.39 is 5.91 Å². The van der Waals surface area contributed by atoms with Gasteiger partial charge in [0.1, 0.15) is 17.4 Å². The average molecular weight is 414 g/mol. The molecule has 0 radical (unpaired) electrons. The molecule has 0 unspecified atom stereocenters. The molecular formula is C19H16BrN3O3. The lowest BCUT2D eigenvalue weighted by Crippen LogP contribution is -2.22. The summed E-state index contributed by atoms with van der Waals surface area (Å²) in [6, 6.07) is 16.4. The van der Waals surface area contributed by atoms with Crippen LogP contribution in [0.1, 0.15) is 21.5 Å². The van der Waals surface area contributed by atoms with Gasteiger partial charge in [0.15, 0.2) is 0 Å². The van der Waals surface area contributed by atoms with Gasteiger partial charge in [-0.05, 0) is 39.2 Å². The molecule has 0 fully saturated rings. The van der Waals surface area contributed by atoms with Crippen molar-refractivity contribution in [2.75, 3.05) is 0 Å². The maximum absolute atomic E-state index is 12.5. The zero-order chi connectivity index (χ0) is 18.5. The van der Waals surface area contributed by atoms with E-state index in [0.717, 1.165) is 11.1 Å². The summed E-state index contributed by atoms with van der Waals surface area (Å²) in [7, 11) is 0. The molecule has 3 rings (SSSR count). The first-order valence-corrected chi connectivity index (χ1v) is 8.64. The van der Waals surface area contributed by atoms with Crippen molar-refractivity contribution in [3.8, 4) is 5.88 Å². The first-order chi connectivity index (χ1) is 12.5. The number of carbonyl (C=O) groups is 1. The molecule has 1 amide bonds. The van der Waals surface area contributed by atoms with E-state index in [1.54, 1.807) is 24.3 Å². The Bertz CT molecular complexity index is 970. The maximum Gasteiger partial charge on any atom is 0.271 e. The Morgan fingerprint density at radius 1 is 1.08 bits per heavy atom. The van der Waals surface area contributed by atoms with Crippen LogP contribution in [-0.4, -0.2) is 15.5 Å². The fraction of sp³-hybridized carbons (Fsp3) is 0.105. The van der Waals surface area contributed by atoms with Crippen LogP contribution in [0, 0.1) is 0 Å². The highest BCUT2D eigenvalue weighted by atomic mass is 79.9. The molecule has 6 nitrogen and oxygen atoms in total. The molecule has 132 valence electrons. The van der Waals surface area contributed by atoms with Crippen LogP contribution in [0.3, 0.4) is 0 Å². The van der Waals surface area contributed by atoms with Gasteiger partial charge < -0.3 is 10.5 Å². The molecule has 0 aliphatic rings. The van der Waals surface area contributed by atoms with Crippen LogP contribution < -0.4 is 16.0 Å². The lowest BCUT2D eigenvalue weighted by Gasteiger charge is -2.10. The van der Waals surface area contributed by atoms with E-state index in [-0.39, 0.29) is 15.9 Å². The van der Waals surface area contributed by atoms with Gasteiger partial charge in [-0.1, -0.05) is 42.5 Å². The van der Waals surface area contributed by atoms with Crippen molar-refractivity contribution in [2.24, 2.45) is 5.73 Å². The second-order valence-electron chi connectivity index (χ2n) is 5.63. The maximum atomic E-state index is 12.5. The van der Waals surface area contributed by atoms with Crippen molar-refractivity contribution < 1.29 is 9.53 Å². The standard InChI is InChI=1S/C19H16BrN3O3/c20-16-18(26-11-14-4-2-1-3-5-14)22-12-23(19(16)25)10-13-6-8-15(9-7-13)17(21)24/h1-9,12H,10-11H2,(H2,21,24). The monoisotopic (exact) mass is 413 g/mol. The number of aromatic nitrogens is 2. The molecule has 0 aliphatic heterocycles. The molecular weight excluding hydrogens is 398 g/mol. The number of rotatable bonds is 6. The van der Waals surface area contributed by atoms with E-state index in [2.05, 4.69) is 20.9 Å². The van der Waals surface area contributed by atoms with Gasteiger partial charge in [0.05, 0.1) is 6.54 Å². The molecule has 0 atom stereocenters. The number of amides is 1. The normalized spacial score (nSPS) is 10.5. The van der Waals surface area contributed by atoms with Crippen LogP contribution in [0.15, 0.2) is 70.2 Å². The highest BCUT2D eigenvalue weighted by molar-refractivity contribution is 9.10. The third-order valence-electron chi connectivity index (χ3n) is 3.76. The van der Waals surface area contributed by atoms with Gasteiger partial charge in [-0.3, -0.25) is 14.2 Å². The molecule has 26 heavy (non-hydrogen) atoms. The van der Waals surface area contributed by atoms with Crippen LogP contribution >= 0.6 is 15.9 Å². The summed E-state index contributed by atoms with van der Waals surface area (Å²) in [4.78, 5) is 27.8. The minimum atomic E-state index is -0.488. The van der Waals surface area contributed by atoms with Crippen molar-refractivity contribution in [3.63, 3.8) is 0 Å². The number of nitrogens with two attached hydrogens (primary N) is 1. The van der Waals surface area contributed by atoms with Gasteiger partial charge >= 0.3 is 0 Å². The summed E-state index contributed by atoms with van der Waals surface area (Å²) >= 11 is 3.27. The Morgan fingerprint density at radius 3 is 2.42 bits per heavy atom. The van der Waals surface area contributed by atoms with Gasteiger partial charge in [-0.25, -0.2) is 4.98 Å². The van der Waals surface area contributed by atoms with Crippen LogP contribution in [0.2, 0.25) is 0 Å². The van der Waals surface area contributed by atoms with Crippen molar-refractivity contribution in [1.82, 2.24) is 9.55 Å². The van der Waals surface area contributed by atoms with Gasteiger partial charge in [0, 0.05) is 5.56 Å². The smallest absolute Gasteiger partial charge is 0.271 e. The number of halogens is 1. The Morgan fingerprint density at radius 2 is 1.77 bits per heavy atom. The van der Waals surface area contributed by atoms with Gasteiger partial charge in [0.25, 0.3) is 5.56 Å². The minimum absolute atomic E-state index is 0.248. The summed E-state index contributed by atoms with van der Waals surface area (Å²) in [5, 5.41) is 0. The van der Waals surface area contributed by atoms with E-state index >= 15 is 0 Å². The number of ether oxygens (including phenoxy) is 1. The highest BCUT2D eigenvalue weighted by Crippen LogP contribution is 2.18. The average Bonchev–Trinajstić information content (AvgIpc) is 2.66. The fourth-order valence-electron chi connectivity index (χ4n) is 2.36. The van der Waals surface area contributed by atoms with E-state index in [1.165, 1.54) is 10.9 Å². The van der Waals surface area contributed by atoms with E-state index in [4.69, 9.17) is 10.5 Å². The van der Waals surface area contributed by atoms with Crippen LogP contribution in [-0.2, 0) is 13.2 Å². The largest absolute Gasteiger partial charge is 0.472 e. The van der Waals surface area contributed by atoms with Gasteiger partial charge in [-0.2, -0.15) is 0 Å². The lowest BCUT2D eigenvalue weighted by atomic mass is 10.1. The predicted octanol–water partition coefficient (Wildman–Crippen LogP) is 2.73. The Kier molecular flexibility index (Phi) is 5.48. The topological polar surface area (TPSA) is 87.2 Å². The molecule has 7 heteroatoms. The zero-order valence-corrected chi connectivity index (χ0v) is 15.3. The lowest BCUT2D eigenvalue weighted by molar-refractivity contribution is 0.100. The summed E-state index contributed by atoms with van der Waals surface area (Å²) in [6.45, 7) is 0.646. The molecule has 2 aromatic carbocycles. The van der Waals surface area contributed by atoms with Crippen LogP contribution in [0.25, 0.3) is 0 Å². The second kappa shape index (κ2) is 7.97. The Balaban J connectivity index is 1.74. The van der Waals surface area contributed by atoms with Crippen molar-refractivity contribution >= 4 is 21.8 Å². The van der Waals surface area contributed by atoms with Crippen molar-refractivity contribution in [1.29, 1.82) is 0 Å². The SMILES string of the molecule is NC(=O)c1ccc(Cn2cnc(OCc3ccccc3)c(Br)c2=O)cc1. The molecule has 0 saturated carbocycles. The molecule has 0 saturated heterocycles. The number of benzene rings is 2. The number of hydrogen-bond donors (Lipinski definition) is 1. The quantitative estimate of drug-likeness (QED) is 0.672. The number of carbonyl (C=O) groups excluding carboxylic acids is 1. The third-order valence-corrected chi connectivity index (χ3v) is 4.44. The number of primary amides is 1. The zero-order valence-electron chi connectivity index (χ0n) is 13.8.